The van der Waals surface area contributed by atoms with Crippen molar-refractivity contribution in [1.82, 2.24) is 14.7 Å². The average Bonchev–Trinajstić information content (AvgIpc) is 2.65. The van der Waals surface area contributed by atoms with Crippen LogP contribution in [0, 0.1) is 23.1 Å². The van der Waals surface area contributed by atoms with E-state index in [1.165, 1.54) is 18.5 Å². The molecular weight excluding hydrogens is 357 g/mol. The summed E-state index contributed by atoms with van der Waals surface area (Å²) in [5.74, 6) is 0.262. The van der Waals surface area contributed by atoms with Crippen molar-refractivity contribution in [2.45, 2.75) is 19.8 Å². The van der Waals surface area contributed by atoms with Gasteiger partial charge >= 0.3 is 0 Å². The summed E-state index contributed by atoms with van der Waals surface area (Å²) in [6.07, 6.45) is 3.20. The van der Waals surface area contributed by atoms with Crippen molar-refractivity contribution in [3.8, 4) is 6.07 Å². The van der Waals surface area contributed by atoms with Gasteiger partial charge in [0.05, 0.1) is 16.8 Å². The number of anilines is 1. The Kier molecular flexibility index (Phi) is 5.34. The summed E-state index contributed by atoms with van der Waals surface area (Å²) in [6, 6.07) is 4.57. The molecule has 138 valence electrons. The number of piperidine rings is 1. The summed E-state index contributed by atoms with van der Waals surface area (Å²) in [6.45, 7) is 3.39. The van der Waals surface area contributed by atoms with E-state index in [0.29, 0.717) is 29.8 Å². The maximum atomic E-state index is 13.8. The smallest absolute Gasteiger partial charge is 0.211 e. The van der Waals surface area contributed by atoms with Crippen LogP contribution in [-0.2, 0) is 10.0 Å². The minimum Gasteiger partial charge on any atom is -0.356 e. The normalized spacial score (nSPS) is 18.0. The van der Waals surface area contributed by atoms with Crippen molar-refractivity contribution >= 4 is 26.7 Å². The molecule has 0 bridgehead atoms. The van der Waals surface area contributed by atoms with Gasteiger partial charge in [0.25, 0.3) is 0 Å². The van der Waals surface area contributed by atoms with Crippen LogP contribution < -0.4 is 9.62 Å². The fourth-order valence-corrected chi connectivity index (χ4v) is 3.87. The second-order valence-electron chi connectivity index (χ2n) is 6.36. The number of nitrogens with zero attached hydrogens (tertiary/aromatic N) is 4. The standard InChI is InChI=1S/C17H20FN5O2S/c1-2-26(24,25)22-9-12-4-3-5-23(10-12)17-14-6-13(8-19)15(18)7-16(14)20-11-21-17/h6-7,11-12,22H,2-5,9-10H2,1H3. The van der Waals surface area contributed by atoms with E-state index in [2.05, 4.69) is 19.6 Å². The molecule has 9 heteroatoms. The molecule has 1 aromatic carbocycles. The fourth-order valence-electron chi connectivity index (χ4n) is 3.17. The van der Waals surface area contributed by atoms with E-state index >= 15 is 0 Å². The van der Waals surface area contributed by atoms with Gasteiger partial charge in [-0.25, -0.2) is 27.5 Å². The highest BCUT2D eigenvalue weighted by molar-refractivity contribution is 7.89. The van der Waals surface area contributed by atoms with Gasteiger partial charge in [-0.1, -0.05) is 0 Å². The molecule has 3 rings (SSSR count). The Morgan fingerprint density at radius 1 is 1.42 bits per heavy atom. The van der Waals surface area contributed by atoms with Gasteiger partial charge in [0, 0.05) is 31.1 Å². The zero-order chi connectivity index (χ0) is 18.7. The molecule has 1 unspecified atom stereocenters. The number of aromatic nitrogens is 2. The number of benzene rings is 1. The first-order valence-electron chi connectivity index (χ1n) is 8.50. The van der Waals surface area contributed by atoms with Crippen molar-refractivity contribution in [2.75, 3.05) is 30.3 Å². The summed E-state index contributed by atoms with van der Waals surface area (Å²) in [7, 11) is -3.22. The summed E-state index contributed by atoms with van der Waals surface area (Å²) in [5, 5.41) is 9.71. The summed E-state index contributed by atoms with van der Waals surface area (Å²) in [5.41, 5.74) is 0.401. The molecule has 1 fully saturated rings. The second-order valence-corrected chi connectivity index (χ2v) is 8.46. The summed E-state index contributed by atoms with van der Waals surface area (Å²) >= 11 is 0. The number of halogens is 1. The molecule has 0 radical (unpaired) electrons. The van der Waals surface area contributed by atoms with E-state index in [0.717, 1.165) is 19.4 Å². The lowest BCUT2D eigenvalue weighted by Gasteiger charge is -2.34. The first-order valence-corrected chi connectivity index (χ1v) is 10.2. The van der Waals surface area contributed by atoms with Crippen LogP contribution >= 0.6 is 0 Å². The monoisotopic (exact) mass is 377 g/mol. The maximum Gasteiger partial charge on any atom is 0.211 e. The molecule has 2 aromatic rings. The Morgan fingerprint density at radius 3 is 2.96 bits per heavy atom. The van der Waals surface area contributed by atoms with Crippen LogP contribution in [0.5, 0.6) is 0 Å². The predicted octanol–water partition coefficient (Wildman–Crippen LogP) is 1.80. The Morgan fingerprint density at radius 2 is 2.23 bits per heavy atom. The number of nitriles is 1. The van der Waals surface area contributed by atoms with Gasteiger partial charge in [0.15, 0.2) is 0 Å². The molecule has 0 aliphatic carbocycles. The SMILES string of the molecule is CCS(=O)(=O)NCC1CCCN(c2ncnc3cc(F)c(C#N)cc23)C1. The molecule has 2 heterocycles. The van der Waals surface area contributed by atoms with E-state index in [-0.39, 0.29) is 17.2 Å². The van der Waals surface area contributed by atoms with Gasteiger partial charge in [0.2, 0.25) is 10.0 Å². The summed E-state index contributed by atoms with van der Waals surface area (Å²) < 4.78 is 39.8. The Bertz CT molecular complexity index is 958. The zero-order valence-corrected chi connectivity index (χ0v) is 15.3. The van der Waals surface area contributed by atoms with Crippen molar-refractivity contribution < 1.29 is 12.8 Å². The Labute approximate surface area is 151 Å². The third-order valence-corrected chi connectivity index (χ3v) is 5.98. The van der Waals surface area contributed by atoms with Gasteiger partial charge in [-0.05, 0) is 31.7 Å². The second kappa shape index (κ2) is 7.51. The Balaban J connectivity index is 1.85. The van der Waals surface area contributed by atoms with Crippen molar-refractivity contribution in [2.24, 2.45) is 5.92 Å². The highest BCUT2D eigenvalue weighted by Crippen LogP contribution is 2.29. The van der Waals surface area contributed by atoms with Crippen LogP contribution in [0.4, 0.5) is 10.2 Å². The molecule has 1 aliphatic rings. The molecule has 1 saturated heterocycles. The molecule has 26 heavy (non-hydrogen) atoms. The minimum atomic E-state index is -3.22. The van der Waals surface area contributed by atoms with E-state index in [4.69, 9.17) is 5.26 Å². The van der Waals surface area contributed by atoms with E-state index in [9.17, 15) is 12.8 Å². The van der Waals surface area contributed by atoms with Gasteiger partial charge in [-0.3, -0.25) is 0 Å². The molecule has 7 nitrogen and oxygen atoms in total. The number of sulfonamides is 1. The molecule has 0 saturated carbocycles. The molecule has 1 aromatic heterocycles. The lowest BCUT2D eigenvalue weighted by atomic mass is 9.98. The fraction of sp³-hybridized carbons (Fsp3) is 0.471. The molecule has 1 N–H and O–H groups in total. The van der Waals surface area contributed by atoms with Crippen LogP contribution in [0.2, 0.25) is 0 Å². The number of hydrogen-bond acceptors (Lipinski definition) is 6. The predicted molar refractivity (Wildman–Crippen MR) is 96.6 cm³/mol. The average molecular weight is 377 g/mol. The molecule has 1 aliphatic heterocycles. The largest absolute Gasteiger partial charge is 0.356 e. The minimum absolute atomic E-state index is 0.0437. The third kappa shape index (κ3) is 3.92. The van der Waals surface area contributed by atoms with E-state index in [1.807, 2.05) is 6.07 Å². The van der Waals surface area contributed by atoms with Gasteiger partial charge in [0.1, 0.15) is 24.0 Å². The number of fused-ring (bicyclic) bond motifs is 1. The van der Waals surface area contributed by atoms with Crippen LogP contribution in [0.25, 0.3) is 10.9 Å². The number of rotatable bonds is 5. The molecule has 0 spiro atoms. The van der Waals surface area contributed by atoms with E-state index in [1.54, 1.807) is 6.92 Å². The summed E-state index contributed by atoms with van der Waals surface area (Å²) in [4.78, 5) is 10.5. The van der Waals surface area contributed by atoms with Crippen LogP contribution in [0.15, 0.2) is 18.5 Å². The zero-order valence-electron chi connectivity index (χ0n) is 14.4. The highest BCUT2D eigenvalue weighted by Gasteiger charge is 2.24. The van der Waals surface area contributed by atoms with E-state index < -0.39 is 15.8 Å². The topological polar surface area (TPSA) is 99.0 Å². The maximum absolute atomic E-state index is 13.8. The lowest BCUT2D eigenvalue weighted by molar-refractivity contribution is 0.410. The highest BCUT2D eigenvalue weighted by atomic mass is 32.2. The lowest BCUT2D eigenvalue weighted by Crippen LogP contribution is -2.41. The molecule has 1 atom stereocenters. The van der Waals surface area contributed by atoms with Gasteiger partial charge in [-0.2, -0.15) is 5.26 Å². The molecular formula is C17H20FN5O2S. The van der Waals surface area contributed by atoms with Crippen LogP contribution in [0.1, 0.15) is 25.3 Å². The van der Waals surface area contributed by atoms with Gasteiger partial charge < -0.3 is 4.90 Å². The first kappa shape index (κ1) is 18.5. The van der Waals surface area contributed by atoms with Crippen LogP contribution in [-0.4, -0.2) is 43.8 Å². The van der Waals surface area contributed by atoms with Crippen molar-refractivity contribution in [3.63, 3.8) is 0 Å². The molecule has 0 amide bonds. The number of nitrogens with one attached hydrogen (secondary N) is 1. The van der Waals surface area contributed by atoms with Crippen molar-refractivity contribution in [1.29, 1.82) is 5.26 Å². The Hall–Kier alpha value is -2.31. The van der Waals surface area contributed by atoms with Crippen LogP contribution in [0.3, 0.4) is 0 Å². The third-order valence-electron chi connectivity index (χ3n) is 4.61. The quantitative estimate of drug-likeness (QED) is 0.853. The van der Waals surface area contributed by atoms with Gasteiger partial charge in [-0.15, -0.1) is 0 Å². The number of hydrogen-bond donors (Lipinski definition) is 1. The van der Waals surface area contributed by atoms with Crippen molar-refractivity contribution in [3.05, 3.63) is 29.8 Å². The first-order chi connectivity index (χ1) is 12.4.